The zero-order valence-electron chi connectivity index (χ0n) is 7.62. The second-order valence-corrected chi connectivity index (χ2v) is 4.92. The first-order valence-electron chi connectivity index (χ1n) is 4.06. The molecule has 1 nitrogen and oxygen atoms in total. The topological polar surface area (TPSA) is 17.1 Å². The van der Waals surface area contributed by atoms with Crippen molar-refractivity contribution in [2.24, 2.45) is 0 Å². The Bertz CT molecular complexity index is 218. The van der Waals surface area contributed by atoms with Crippen LogP contribution >= 0.6 is 11.6 Å². The quantitative estimate of drug-likeness (QED) is 0.537. The molecule has 0 N–H and O–H groups in total. The molecule has 0 aliphatic rings. The average Bonchev–Trinajstić information content (AvgIpc) is 2.09. The van der Waals surface area contributed by atoms with Crippen molar-refractivity contribution < 1.29 is 26.2 Å². The SMILES string of the molecule is O=S(CCCCl)CCC(F)(F)C(F)(F)F. The van der Waals surface area contributed by atoms with Crippen LogP contribution in [0.1, 0.15) is 12.8 Å². The summed E-state index contributed by atoms with van der Waals surface area (Å²) in [7, 11) is -1.67. The van der Waals surface area contributed by atoms with Crippen molar-refractivity contribution in [1.29, 1.82) is 0 Å². The summed E-state index contributed by atoms with van der Waals surface area (Å²) in [4.78, 5) is 0. The zero-order valence-corrected chi connectivity index (χ0v) is 9.19. The third-order valence-corrected chi connectivity index (χ3v) is 3.23. The van der Waals surface area contributed by atoms with Crippen LogP contribution in [-0.4, -0.2) is 33.7 Å². The lowest BCUT2D eigenvalue weighted by Gasteiger charge is -2.18. The van der Waals surface area contributed by atoms with Crippen LogP contribution in [0, 0.1) is 0 Å². The minimum absolute atomic E-state index is 0.0530. The Kier molecular flexibility index (Phi) is 6.02. The van der Waals surface area contributed by atoms with Gasteiger partial charge >= 0.3 is 12.1 Å². The normalized spacial score (nSPS) is 15.3. The Morgan fingerprint density at radius 2 is 1.60 bits per heavy atom. The van der Waals surface area contributed by atoms with Crippen molar-refractivity contribution in [3.8, 4) is 0 Å². The molecule has 0 aliphatic carbocycles. The lowest BCUT2D eigenvalue weighted by Crippen LogP contribution is -2.37. The third-order valence-electron chi connectivity index (χ3n) is 1.56. The lowest BCUT2D eigenvalue weighted by atomic mass is 10.2. The van der Waals surface area contributed by atoms with Crippen LogP contribution in [0.4, 0.5) is 22.0 Å². The van der Waals surface area contributed by atoms with Gasteiger partial charge in [-0.25, -0.2) is 0 Å². The van der Waals surface area contributed by atoms with Crippen molar-refractivity contribution in [3.63, 3.8) is 0 Å². The fourth-order valence-corrected chi connectivity index (χ4v) is 2.15. The molecule has 0 saturated carbocycles. The molecule has 0 fully saturated rings. The highest BCUT2D eigenvalue weighted by Gasteiger charge is 2.56. The molecule has 0 rings (SSSR count). The number of alkyl halides is 6. The molecule has 0 heterocycles. The van der Waals surface area contributed by atoms with Gasteiger partial charge in [0.05, 0.1) is 0 Å². The van der Waals surface area contributed by atoms with Crippen LogP contribution in [0.5, 0.6) is 0 Å². The first-order chi connectivity index (χ1) is 6.70. The van der Waals surface area contributed by atoms with Crippen molar-refractivity contribution >= 4 is 22.4 Å². The maximum absolute atomic E-state index is 12.3. The maximum atomic E-state index is 12.3. The van der Waals surface area contributed by atoms with Gasteiger partial charge in [0.1, 0.15) is 0 Å². The van der Waals surface area contributed by atoms with Crippen molar-refractivity contribution in [1.82, 2.24) is 0 Å². The lowest BCUT2D eigenvalue weighted by molar-refractivity contribution is -0.282. The molecule has 8 heteroatoms. The van der Waals surface area contributed by atoms with Crippen LogP contribution in [0.3, 0.4) is 0 Å². The molecule has 0 aromatic heterocycles. The largest absolute Gasteiger partial charge is 0.453 e. The fourth-order valence-electron chi connectivity index (χ4n) is 0.701. The Labute approximate surface area is 91.4 Å². The molecular weight excluding hydrogens is 263 g/mol. The predicted octanol–water partition coefficient (Wildman–Crippen LogP) is 2.95. The molecule has 15 heavy (non-hydrogen) atoms. The van der Waals surface area contributed by atoms with Gasteiger partial charge in [-0.3, -0.25) is 4.21 Å². The van der Waals surface area contributed by atoms with Crippen molar-refractivity contribution in [2.45, 2.75) is 24.9 Å². The second-order valence-electron chi connectivity index (χ2n) is 2.84. The Hall–Kier alpha value is 0.0900. The number of hydrogen-bond donors (Lipinski definition) is 0. The first kappa shape index (κ1) is 15.1. The summed E-state index contributed by atoms with van der Waals surface area (Å²) >= 11 is 5.25. The van der Waals surface area contributed by atoms with Crippen molar-refractivity contribution in [3.05, 3.63) is 0 Å². The van der Waals surface area contributed by atoms with Gasteiger partial charge in [-0.1, -0.05) is 0 Å². The standard InChI is InChI=1S/C7H10ClF5OS/c8-3-1-4-15(14)5-2-6(9,10)7(11,12)13/h1-5H2. The Balaban J connectivity index is 3.99. The highest BCUT2D eigenvalue weighted by atomic mass is 35.5. The predicted molar refractivity (Wildman–Crippen MR) is 48.8 cm³/mol. The molecule has 0 aliphatic heterocycles. The minimum Gasteiger partial charge on any atom is -0.260 e. The smallest absolute Gasteiger partial charge is 0.260 e. The van der Waals surface area contributed by atoms with E-state index in [2.05, 4.69) is 0 Å². The van der Waals surface area contributed by atoms with E-state index in [1.54, 1.807) is 0 Å². The van der Waals surface area contributed by atoms with Crippen LogP contribution in [0.2, 0.25) is 0 Å². The Morgan fingerprint density at radius 3 is 2.00 bits per heavy atom. The summed E-state index contributed by atoms with van der Waals surface area (Å²) in [5.74, 6) is -5.16. The Morgan fingerprint density at radius 1 is 1.07 bits per heavy atom. The van der Waals surface area contributed by atoms with E-state index < -0.39 is 35.1 Å². The van der Waals surface area contributed by atoms with Gasteiger partial charge in [0, 0.05) is 34.6 Å². The van der Waals surface area contributed by atoms with Crippen LogP contribution in [-0.2, 0) is 10.8 Å². The average molecular weight is 273 g/mol. The van der Waals surface area contributed by atoms with E-state index in [1.807, 2.05) is 0 Å². The van der Waals surface area contributed by atoms with Gasteiger partial charge < -0.3 is 0 Å². The van der Waals surface area contributed by atoms with Gasteiger partial charge in [0.15, 0.2) is 0 Å². The van der Waals surface area contributed by atoms with Gasteiger partial charge in [0.25, 0.3) is 0 Å². The summed E-state index contributed by atoms with van der Waals surface area (Å²) in [5, 5.41) is 0. The van der Waals surface area contributed by atoms with Gasteiger partial charge in [-0.05, 0) is 6.42 Å². The summed E-state index contributed by atoms with van der Waals surface area (Å²) in [6.07, 6.45) is -6.67. The highest BCUT2D eigenvalue weighted by molar-refractivity contribution is 7.84. The van der Waals surface area contributed by atoms with E-state index >= 15 is 0 Å². The van der Waals surface area contributed by atoms with Crippen LogP contribution < -0.4 is 0 Å². The van der Waals surface area contributed by atoms with Gasteiger partial charge in [-0.15, -0.1) is 11.6 Å². The highest BCUT2D eigenvalue weighted by Crippen LogP contribution is 2.37. The van der Waals surface area contributed by atoms with Crippen molar-refractivity contribution in [2.75, 3.05) is 17.4 Å². The molecule has 0 aromatic carbocycles. The molecular formula is C7H10ClF5OS. The maximum Gasteiger partial charge on any atom is 0.453 e. The van der Waals surface area contributed by atoms with E-state index in [1.165, 1.54) is 0 Å². The van der Waals surface area contributed by atoms with E-state index in [4.69, 9.17) is 11.6 Å². The zero-order chi connectivity index (χ0) is 12.1. The molecule has 0 radical (unpaired) electrons. The molecule has 1 atom stereocenters. The van der Waals surface area contributed by atoms with E-state index in [9.17, 15) is 26.2 Å². The summed E-state index contributed by atoms with van der Waals surface area (Å²) in [5.41, 5.74) is 0. The van der Waals surface area contributed by atoms with E-state index in [0.717, 1.165) is 0 Å². The molecule has 0 amide bonds. The summed E-state index contributed by atoms with van der Waals surface area (Å²) in [6, 6.07) is 0. The van der Waals surface area contributed by atoms with E-state index in [0.29, 0.717) is 6.42 Å². The fraction of sp³-hybridized carbons (Fsp3) is 1.00. The number of rotatable bonds is 6. The second kappa shape index (κ2) is 5.98. The molecule has 1 unspecified atom stereocenters. The van der Waals surface area contributed by atoms with Gasteiger partial charge in [0.2, 0.25) is 0 Å². The monoisotopic (exact) mass is 272 g/mol. The molecule has 0 saturated heterocycles. The third kappa shape index (κ3) is 5.65. The summed E-state index contributed by atoms with van der Waals surface area (Å²) in [6.45, 7) is 0. The van der Waals surface area contributed by atoms with Gasteiger partial charge in [-0.2, -0.15) is 22.0 Å². The number of hydrogen-bond acceptors (Lipinski definition) is 1. The van der Waals surface area contributed by atoms with E-state index in [-0.39, 0.29) is 11.6 Å². The number of halogens is 6. The molecule has 92 valence electrons. The minimum atomic E-state index is -5.57. The van der Waals surface area contributed by atoms with Crippen LogP contribution in [0.15, 0.2) is 0 Å². The molecule has 0 bridgehead atoms. The molecule has 0 spiro atoms. The van der Waals surface area contributed by atoms with Crippen LogP contribution in [0.25, 0.3) is 0 Å². The molecule has 0 aromatic rings. The summed E-state index contributed by atoms with van der Waals surface area (Å²) < 4.78 is 70.6. The first-order valence-corrected chi connectivity index (χ1v) is 6.08.